The largest absolute Gasteiger partial charge is 0.311 e. The molecule has 1 aliphatic rings. The Kier molecular flexibility index (Phi) is 5.26. The van der Waals surface area contributed by atoms with Gasteiger partial charge in [-0.1, -0.05) is 31.5 Å². The van der Waals surface area contributed by atoms with Gasteiger partial charge in [0, 0.05) is 36.7 Å². The topological polar surface area (TPSA) is 15.3 Å². The van der Waals surface area contributed by atoms with Crippen LogP contribution in [0.25, 0.3) is 0 Å². The Morgan fingerprint density at radius 1 is 1.32 bits per heavy atom. The lowest BCUT2D eigenvalue weighted by Gasteiger charge is -2.40. The van der Waals surface area contributed by atoms with Crippen molar-refractivity contribution in [1.82, 2.24) is 10.2 Å². The third-order valence-corrected chi connectivity index (χ3v) is 4.49. The van der Waals surface area contributed by atoms with E-state index in [1.54, 1.807) is 0 Å². The first-order chi connectivity index (χ1) is 9.13. The van der Waals surface area contributed by atoms with Gasteiger partial charge in [0.2, 0.25) is 0 Å². The Labute approximate surface area is 122 Å². The summed E-state index contributed by atoms with van der Waals surface area (Å²) in [5, 5.41) is 4.48. The normalized spacial score (nSPS) is 24.6. The van der Waals surface area contributed by atoms with Crippen molar-refractivity contribution in [1.29, 1.82) is 0 Å². The zero-order chi connectivity index (χ0) is 13.8. The maximum absolute atomic E-state index is 6.04. The predicted molar refractivity (Wildman–Crippen MR) is 82.8 cm³/mol. The van der Waals surface area contributed by atoms with E-state index in [-0.39, 0.29) is 0 Å². The van der Waals surface area contributed by atoms with Gasteiger partial charge in [-0.2, -0.15) is 0 Å². The molecule has 0 saturated carbocycles. The van der Waals surface area contributed by atoms with Gasteiger partial charge in [-0.25, -0.2) is 0 Å². The number of piperazine rings is 1. The van der Waals surface area contributed by atoms with Gasteiger partial charge in [-0.3, -0.25) is 4.90 Å². The molecule has 0 bridgehead atoms. The zero-order valence-corrected chi connectivity index (χ0v) is 13.0. The lowest BCUT2D eigenvalue weighted by molar-refractivity contribution is 0.117. The molecule has 1 aliphatic heterocycles. The van der Waals surface area contributed by atoms with Crippen LogP contribution in [-0.4, -0.2) is 30.1 Å². The molecule has 19 heavy (non-hydrogen) atoms. The second kappa shape index (κ2) is 6.74. The molecule has 2 unspecified atom stereocenters. The quantitative estimate of drug-likeness (QED) is 0.906. The zero-order valence-electron chi connectivity index (χ0n) is 12.2. The van der Waals surface area contributed by atoms with Gasteiger partial charge in [0.25, 0.3) is 0 Å². The molecule has 0 radical (unpaired) electrons. The van der Waals surface area contributed by atoms with Gasteiger partial charge in [0.15, 0.2) is 0 Å². The lowest BCUT2D eigenvalue weighted by Crippen LogP contribution is -2.55. The van der Waals surface area contributed by atoms with Crippen molar-refractivity contribution >= 4 is 11.6 Å². The van der Waals surface area contributed by atoms with Crippen LogP contribution in [0.2, 0.25) is 5.02 Å². The van der Waals surface area contributed by atoms with Crippen LogP contribution in [0.5, 0.6) is 0 Å². The number of aryl methyl sites for hydroxylation is 1. The first kappa shape index (κ1) is 14.8. The first-order valence-electron chi connectivity index (χ1n) is 7.36. The Bertz CT molecular complexity index is 419. The molecule has 0 aromatic heterocycles. The van der Waals surface area contributed by atoms with Crippen LogP contribution in [0, 0.1) is 6.92 Å². The van der Waals surface area contributed by atoms with Crippen LogP contribution < -0.4 is 5.32 Å². The molecule has 0 aliphatic carbocycles. The Hall–Kier alpha value is -0.570. The number of hydrogen-bond acceptors (Lipinski definition) is 2. The summed E-state index contributed by atoms with van der Waals surface area (Å²) in [6, 6.07) is 7.53. The van der Waals surface area contributed by atoms with E-state index < -0.39 is 0 Å². The highest BCUT2D eigenvalue weighted by molar-refractivity contribution is 6.30. The molecule has 1 aromatic rings. The number of benzene rings is 1. The van der Waals surface area contributed by atoms with Crippen molar-refractivity contribution in [2.45, 2.75) is 52.2 Å². The van der Waals surface area contributed by atoms with Gasteiger partial charge in [-0.05, 0) is 43.0 Å². The number of nitrogens with one attached hydrogen (secondary N) is 1. The smallest absolute Gasteiger partial charge is 0.0408 e. The van der Waals surface area contributed by atoms with Crippen LogP contribution in [0.1, 0.15) is 37.8 Å². The Morgan fingerprint density at radius 3 is 2.74 bits per heavy atom. The van der Waals surface area contributed by atoms with E-state index >= 15 is 0 Å². The average molecular weight is 281 g/mol. The van der Waals surface area contributed by atoms with Crippen LogP contribution in [0.4, 0.5) is 0 Å². The molecule has 106 valence electrons. The van der Waals surface area contributed by atoms with Crippen LogP contribution in [-0.2, 0) is 6.54 Å². The van der Waals surface area contributed by atoms with E-state index in [1.165, 1.54) is 24.0 Å². The van der Waals surface area contributed by atoms with E-state index in [2.05, 4.69) is 43.1 Å². The van der Waals surface area contributed by atoms with Crippen molar-refractivity contribution in [3.05, 3.63) is 34.3 Å². The molecule has 3 heteroatoms. The molecular weight excluding hydrogens is 256 g/mol. The Balaban J connectivity index is 2.09. The molecule has 1 aromatic carbocycles. The molecule has 1 heterocycles. The predicted octanol–water partition coefficient (Wildman–Crippen LogP) is 3.61. The van der Waals surface area contributed by atoms with Crippen molar-refractivity contribution < 1.29 is 0 Å². The van der Waals surface area contributed by atoms with Gasteiger partial charge >= 0.3 is 0 Å². The summed E-state index contributed by atoms with van der Waals surface area (Å²) in [5.74, 6) is 0. The van der Waals surface area contributed by atoms with E-state index in [9.17, 15) is 0 Å². The molecule has 2 nitrogen and oxygen atoms in total. The molecule has 1 fully saturated rings. The summed E-state index contributed by atoms with van der Waals surface area (Å²) in [6.07, 6.45) is 2.41. The molecule has 2 atom stereocenters. The molecule has 1 N–H and O–H groups in total. The third kappa shape index (κ3) is 3.71. The molecule has 1 saturated heterocycles. The van der Waals surface area contributed by atoms with Crippen molar-refractivity contribution in [2.75, 3.05) is 13.1 Å². The second-order valence-electron chi connectivity index (χ2n) is 5.58. The standard InChI is InChI=1S/C16H25ClN2/c1-4-15-11-19(16(5-2)9-18-15)10-13-6-7-14(17)8-12(13)3/h6-8,15-16,18H,4-5,9-11H2,1-3H3. The van der Waals surface area contributed by atoms with E-state index in [4.69, 9.17) is 11.6 Å². The lowest BCUT2D eigenvalue weighted by atomic mass is 10.0. The summed E-state index contributed by atoms with van der Waals surface area (Å²) in [5.41, 5.74) is 2.70. The number of rotatable bonds is 4. The average Bonchev–Trinajstić information content (AvgIpc) is 2.41. The van der Waals surface area contributed by atoms with E-state index in [0.29, 0.717) is 12.1 Å². The fourth-order valence-corrected chi connectivity index (χ4v) is 3.08. The van der Waals surface area contributed by atoms with Crippen molar-refractivity contribution in [2.24, 2.45) is 0 Å². The highest BCUT2D eigenvalue weighted by Gasteiger charge is 2.25. The first-order valence-corrected chi connectivity index (χ1v) is 7.74. The summed E-state index contributed by atoms with van der Waals surface area (Å²) in [4.78, 5) is 2.63. The number of hydrogen-bond donors (Lipinski definition) is 1. The highest BCUT2D eigenvalue weighted by Crippen LogP contribution is 2.20. The molecule has 2 rings (SSSR count). The fraction of sp³-hybridized carbons (Fsp3) is 0.625. The summed E-state index contributed by atoms with van der Waals surface area (Å²) in [7, 11) is 0. The van der Waals surface area contributed by atoms with Gasteiger partial charge in [-0.15, -0.1) is 0 Å². The maximum Gasteiger partial charge on any atom is 0.0408 e. The van der Waals surface area contributed by atoms with Gasteiger partial charge in [0.1, 0.15) is 0 Å². The number of nitrogens with zero attached hydrogens (tertiary/aromatic N) is 1. The van der Waals surface area contributed by atoms with Crippen molar-refractivity contribution in [3.8, 4) is 0 Å². The van der Waals surface area contributed by atoms with Crippen LogP contribution >= 0.6 is 11.6 Å². The minimum atomic E-state index is 0.635. The minimum Gasteiger partial charge on any atom is -0.311 e. The highest BCUT2D eigenvalue weighted by atomic mass is 35.5. The summed E-state index contributed by atoms with van der Waals surface area (Å²) in [6.45, 7) is 10.00. The second-order valence-corrected chi connectivity index (χ2v) is 6.01. The molecular formula is C16H25ClN2. The summed E-state index contributed by atoms with van der Waals surface area (Å²) < 4.78 is 0. The monoisotopic (exact) mass is 280 g/mol. The van der Waals surface area contributed by atoms with Crippen LogP contribution in [0.3, 0.4) is 0 Å². The Morgan fingerprint density at radius 2 is 2.11 bits per heavy atom. The van der Waals surface area contributed by atoms with Gasteiger partial charge in [0.05, 0.1) is 0 Å². The van der Waals surface area contributed by atoms with Gasteiger partial charge < -0.3 is 5.32 Å². The maximum atomic E-state index is 6.04. The SMILES string of the molecule is CCC1CN(Cc2ccc(Cl)cc2C)C(CC)CN1. The van der Waals surface area contributed by atoms with Crippen molar-refractivity contribution in [3.63, 3.8) is 0 Å². The number of halogens is 1. The summed E-state index contributed by atoms with van der Waals surface area (Å²) >= 11 is 6.04. The van der Waals surface area contributed by atoms with E-state index in [1.807, 2.05) is 6.07 Å². The van der Waals surface area contributed by atoms with Crippen LogP contribution in [0.15, 0.2) is 18.2 Å². The minimum absolute atomic E-state index is 0.635. The van der Waals surface area contributed by atoms with E-state index in [0.717, 1.165) is 24.7 Å². The third-order valence-electron chi connectivity index (χ3n) is 4.26. The molecule has 0 amide bonds. The fourth-order valence-electron chi connectivity index (χ4n) is 2.85. The molecule has 0 spiro atoms.